The first-order valence-electron chi connectivity index (χ1n) is 6.76. The molecule has 1 aromatic carbocycles. The van der Waals surface area contributed by atoms with E-state index in [1.165, 1.54) is 12.1 Å². The second kappa shape index (κ2) is 5.45. The van der Waals surface area contributed by atoms with Gasteiger partial charge in [-0.05, 0) is 43.2 Å². The van der Waals surface area contributed by atoms with E-state index in [4.69, 9.17) is 11.6 Å². The smallest absolute Gasteiger partial charge is 0.160 e. The lowest BCUT2D eigenvalue weighted by atomic mass is 10.2. The summed E-state index contributed by atoms with van der Waals surface area (Å²) in [5, 5.41) is -0.222. The molecule has 2 heterocycles. The van der Waals surface area contributed by atoms with Crippen molar-refractivity contribution in [3.63, 3.8) is 0 Å². The Morgan fingerprint density at radius 3 is 2.67 bits per heavy atom. The summed E-state index contributed by atoms with van der Waals surface area (Å²) in [5.41, 5.74) is 3.67. The maximum atomic E-state index is 13.0. The van der Waals surface area contributed by atoms with E-state index in [9.17, 15) is 4.39 Å². The third kappa shape index (κ3) is 2.76. The van der Waals surface area contributed by atoms with Gasteiger partial charge in [-0.3, -0.25) is 0 Å². The van der Waals surface area contributed by atoms with Crippen molar-refractivity contribution in [1.29, 1.82) is 0 Å². The number of alkyl halides is 1. The lowest BCUT2D eigenvalue weighted by molar-refractivity contribution is 0.626. The highest BCUT2D eigenvalue weighted by Gasteiger charge is 2.16. The fourth-order valence-corrected chi connectivity index (χ4v) is 2.53. The number of aryl methyl sites for hydroxylation is 1. The van der Waals surface area contributed by atoms with E-state index in [-0.39, 0.29) is 11.2 Å². The molecular weight excluding hydrogens is 289 g/mol. The summed E-state index contributed by atoms with van der Waals surface area (Å²) < 4.78 is 15.0. The number of hydrogen-bond acceptors (Lipinski definition) is 2. The molecule has 3 aromatic rings. The van der Waals surface area contributed by atoms with Crippen molar-refractivity contribution in [2.24, 2.45) is 0 Å². The first-order chi connectivity index (χ1) is 10.0. The molecule has 1 atom stereocenters. The molecular formula is C16H15ClFN3. The van der Waals surface area contributed by atoms with E-state index >= 15 is 0 Å². The lowest BCUT2D eigenvalue weighted by Crippen LogP contribution is -2.06. The van der Waals surface area contributed by atoms with Crippen LogP contribution in [0.5, 0.6) is 0 Å². The third-order valence-corrected chi connectivity index (χ3v) is 3.56. The Balaban J connectivity index is 2.10. The molecule has 0 aliphatic rings. The fraction of sp³-hybridized carbons (Fsp3) is 0.250. The second-order valence-corrected chi connectivity index (χ2v) is 5.81. The maximum absolute atomic E-state index is 13.0. The van der Waals surface area contributed by atoms with Crippen LogP contribution in [0.3, 0.4) is 0 Å². The van der Waals surface area contributed by atoms with Gasteiger partial charge in [0.15, 0.2) is 5.65 Å². The number of rotatable bonds is 3. The molecule has 21 heavy (non-hydrogen) atoms. The molecule has 3 nitrogen and oxygen atoms in total. The van der Waals surface area contributed by atoms with Gasteiger partial charge in [0, 0.05) is 6.20 Å². The minimum atomic E-state index is -0.242. The summed E-state index contributed by atoms with van der Waals surface area (Å²) in [6.45, 7) is 4.44. The van der Waals surface area contributed by atoms with Crippen LogP contribution in [0.1, 0.15) is 29.3 Å². The zero-order chi connectivity index (χ0) is 15.0. The van der Waals surface area contributed by atoms with Crippen molar-refractivity contribution in [3.8, 4) is 0 Å². The molecule has 0 saturated heterocycles. The highest BCUT2D eigenvalue weighted by Crippen LogP contribution is 2.25. The molecule has 0 N–H and O–H groups in total. The molecule has 0 aliphatic heterocycles. The van der Waals surface area contributed by atoms with E-state index in [1.54, 1.807) is 12.1 Å². The molecule has 0 spiro atoms. The summed E-state index contributed by atoms with van der Waals surface area (Å²) >= 11 is 6.24. The number of imidazole rings is 1. The number of hydrogen-bond donors (Lipinski definition) is 0. The van der Waals surface area contributed by atoms with Crippen LogP contribution in [-0.2, 0) is 6.54 Å². The van der Waals surface area contributed by atoms with Gasteiger partial charge in [0.1, 0.15) is 17.2 Å². The summed E-state index contributed by atoms with van der Waals surface area (Å²) in [5.74, 6) is 0.531. The van der Waals surface area contributed by atoms with Crippen molar-refractivity contribution < 1.29 is 4.39 Å². The molecule has 0 bridgehead atoms. The SMILES string of the molecule is Cc1cnc2c(c1)nc(C(C)Cl)n2Cc1ccc(F)cc1. The van der Waals surface area contributed by atoms with Crippen LogP contribution in [0.2, 0.25) is 0 Å². The van der Waals surface area contributed by atoms with Crippen LogP contribution in [0.15, 0.2) is 36.5 Å². The van der Waals surface area contributed by atoms with Crippen molar-refractivity contribution >= 4 is 22.8 Å². The largest absolute Gasteiger partial charge is 0.307 e. The van der Waals surface area contributed by atoms with Gasteiger partial charge < -0.3 is 4.57 Å². The Bertz CT molecular complexity index is 778. The van der Waals surface area contributed by atoms with Gasteiger partial charge >= 0.3 is 0 Å². The normalized spacial score (nSPS) is 12.8. The van der Waals surface area contributed by atoms with Crippen molar-refractivity contribution in [2.75, 3.05) is 0 Å². The maximum Gasteiger partial charge on any atom is 0.160 e. The molecule has 0 fully saturated rings. The van der Waals surface area contributed by atoms with Gasteiger partial charge in [0.05, 0.1) is 11.9 Å². The topological polar surface area (TPSA) is 30.7 Å². The number of benzene rings is 1. The minimum absolute atomic E-state index is 0.222. The second-order valence-electron chi connectivity index (χ2n) is 5.15. The standard InChI is InChI=1S/C16H15ClFN3/c1-10-7-14-16(19-8-10)21(15(20-14)11(2)17)9-12-3-5-13(18)6-4-12/h3-8,11H,9H2,1-2H3. The Hall–Kier alpha value is -1.94. The Labute approximate surface area is 127 Å². The van der Waals surface area contributed by atoms with Gasteiger partial charge in [-0.1, -0.05) is 12.1 Å². The number of aromatic nitrogens is 3. The van der Waals surface area contributed by atoms with Crippen LogP contribution in [0.25, 0.3) is 11.2 Å². The fourth-order valence-electron chi connectivity index (χ4n) is 2.36. The van der Waals surface area contributed by atoms with Crippen molar-refractivity contribution in [1.82, 2.24) is 14.5 Å². The summed E-state index contributed by atoms with van der Waals surface area (Å²) in [7, 11) is 0. The summed E-state index contributed by atoms with van der Waals surface area (Å²) in [4.78, 5) is 9.05. The van der Waals surface area contributed by atoms with Gasteiger partial charge in [0.2, 0.25) is 0 Å². The number of pyridine rings is 1. The molecule has 5 heteroatoms. The molecule has 1 unspecified atom stereocenters. The molecule has 3 rings (SSSR count). The van der Waals surface area contributed by atoms with Gasteiger partial charge in [-0.15, -0.1) is 11.6 Å². The van der Waals surface area contributed by atoms with Gasteiger partial charge in [-0.25, -0.2) is 14.4 Å². The Kier molecular flexibility index (Phi) is 3.64. The predicted molar refractivity (Wildman–Crippen MR) is 82.0 cm³/mol. The van der Waals surface area contributed by atoms with Crippen LogP contribution in [-0.4, -0.2) is 14.5 Å². The number of halogens is 2. The Morgan fingerprint density at radius 1 is 1.29 bits per heavy atom. The van der Waals surface area contributed by atoms with E-state index in [2.05, 4.69) is 9.97 Å². The first-order valence-corrected chi connectivity index (χ1v) is 7.19. The van der Waals surface area contributed by atoms with Crippen molar-refractivity contribution in [3.05, 3.63) is 59.3 Å². The van der Waals surface area contributed by atoms with Crippen LogP contribution in [0.4, 0.5) is 4.39 Å². The van der Waals surface area contributed by atoms with Crippen molar-refractivity contribution in [2.45, 2.75) is 25.8 Å². The molecule has 0 amide bonds. The predicted octanol–water partition coefficient (Wildman–Crippen LogP) is 4.23. The zero-order valence-electron chi connectivity index (χ0n) is 11.8. The highest BCUT2D eigenvalue weighted by atomic mass is 35.5. The number of nitrogens with zero attached hydrogens (tertiary/aromatic N) is 3. The summed E-state index contributed by atoms with van der Waals surface area (Å²) in [6, 6.07) is 8.42. The van der Waals surface area contributed by atoms with Gasteiger partial charge in [0.25, 0.3) is 0 Å². The van der Waals surface area contributed by atoms with E-state index < -0.39 is 0 Å². The van der Waals surface area contributed by atoms with Crippen LogP contribution in [0, 0.1) is 12.7 Å². The molecule has 108 valence electrons. The minimum Gasteiger partial charge on any atom is -0.307 e. The average molecular weight is 304 g/mol. The molecule has 0 aliphatic carbocycles. The van der Waals surface area contributed by atoms with Crippen LogP contribution >= 0.6 is 11.6 Å². The third-order valence-electron chi connectivity index (χ3n) is 3.36. The Morgan fingerprint density at radius 2 is 2.00 bits per heavy atom. The van der Waals surface area contributed by atoms with E-state index in [0.29, 0.717) is 6.54 Å². The molecule has 0 radical (unpaired) electrons. The first kappa shape index (κ1) is 14.0. The zero-order valence-corrected chi connectivity index (χ0v) is 12.6. The average Bonchev–Trinajstić information content (AvgIpc) is 2.79. The number of fused-ring (bicyclic) bond motifs is 1. The quantitative estimate of drug-likeness (QED) is 0.678. The monoisotopic (exact) mass is 303 g/mol. The lowest BCUT2D eigenvalue weighted by Gasteiger charge is -2.10. The molecule has 2 aromatic heterocycles. The molecule has 0 saturated carbocycles. The van der Waals surface area contributed by atoms with E-state index in [0.717, 1.165) is 28.1 Å². The van der Waals surface area contributed by atoms with E-state index in [1.807, 2.05) is 30.7 Å². The van der Waals surface area contributed by atoms with Gasteiger partial charge in [-0.2, -0.15) is 0 Å². The highest BCUT2D eigenvalue weighted by molar-refractivity contribution is 6.20. The van der Waals surface area contributed by atoms with Crippen LogP contribution < -0.4 is 0 Å². The summed E-state index contributed by atoms with van der Waals surface area (Å²) in [6.07, 6.45) is 1.81.